The Morgan fingerprint density at radius 3 is 1.82 bits per heavy atom. The van der Waals surface area contributed by atoms with Crippen molar-refractivity contribution < 1.29 is 8.83 Å². The van der Waals surface area contributed by atoms with E-state index in [1.165, 1.54) is 21.5 Å². The van der Waals surface area contributed by atoms with Gasteiger partial charge in [-0.05, 0) is 53.2 Å². The smallest absolute Gasteiger partial charge is 0.166 e. The molecule has 12 rings (SSSR count). The fraction of sp³-hybridized carbons (Fsp3) is 0. The van der Waals surface area contributed by atoms with Crippen LogP contribution in [-0.2, 0) is 0 Å². The van der Waals surface area contributed by atoms with Crippen LogP contribution in [0.1, 0.15) is 0 Å². The first-order valence-corrected chi connectivity index (χ1v) is 18.4. The molecule has 6 nitrogen and oxygen atoms in total. The maximum Gasteiger partial charge on any atom is 0.166 e. The maximum atomic E-state index is 6.57. The molecule has 256 valence electrons. The van der Waals surface area contributed by atoms with E-state index >= 15 is 0 Å². The zero-order valence-electron chi connectivity index (χ0n) is 29.3. The van der Waals surface area contributed by atoms with Gasteiger partial charge in [-0.3, -0.25) is 0 Å². The third-order valence-electron chi connectivity index (χ3n) is 10.8. The number of nitrogens with zero attached hydrogens (tertiary/aromatic N) is 4. The van der Waals surface area contributed by atoms with E-state index in [1.807, 2.05) is 78.9 Å². The first kappa shape index (κ1) is 29.9. The largest absolute Gasteiger partial charge is 0.456 e. The van der Waals surface area contributed by atoms with Crippen molar-refractivity contribution in [2.45, 2.75) is 0 Å². The number of aromatic nitrogens is 4. The van der Waals surface area contributed by atoms with Gasteiger partial charge in [-0.2, -0.15) is 0 Å². The first-order valence-electron chi connectivity index (χ1n) is 18.4. The quantitative estimate of drug-likeness (QED) is 0.182. The average molecular weight is 705 g/mol. The first-order chi connectivity index (χ1) is 27.2. The number of para-hydroxylation sites is 3. The van der Waals surface area contributed by atoms with Gasteiger partial charge in [-0.15, -0.1) is 0 Å². The van der Waals surface area contributed by atoms with Gasteiger partial charge >= 0.3 is 0 Å². The van der Waals surface area contributed by atoms with Crippen LogP contribution in [-0.4, -0.2) is 19.5 Å². The predicted octanol–water partition coefficient (Wildman–Crippen LogP) is 12.9. The monoisotopic (exact) mass is 704 g/mol. The van der Waals surface area contributed by atoms with Crippen molar-refractivity contribution in [1.82, 2.24) is 19.5 Å². The lowest BCUT2D eigenvalue weighted by atomic mass is 10.0. The van der Waals surface area contributed by atoms with Crippen LogP contribution in [0.2, 0.25) is 0 Å². The van der Waals surface area contributed by atoms with Gasteiger partial charge in [-0.25, -0.2) is 15.0 Å². The highest BCUT2D eigenvalue weighted by atomic mass is 16.3. The van der Waals surface area contributed by atoms with Gasteiger partial charge in [-0.1, -0.05) is 121 Å². The lowest BCUT2D eigenvalue weighted by Crippen LogP contribution is -2.04. The van der Waals surface area contributed by atoms with Crippen LogP contribution in [0.25, 0.3) is 116 Å². The number of fused-ring (bicyclic) bond motifs is 10. The van der Waals surface area contributed by atoms with Crippen LogP contribution in [0.4, 0.5) is 0 Å². The molecule has 8 aromatic carbocycles. The van der Waals surface area contributed by atoms with Crippen LogP contribution in [0.3, 0.4) is 0 Å². The summed E-state index contributed by atoms with van der Waals surface area (Å²) in [5.41, 5.74) is 8.94. The van der Waals surface area contributed by atoms with E-state index in [2.05, 4.69) is 95.6 Å². The summed E-state index contributed by atoms with van der Waals surface area (Å²) in [5, 5.41) is 8.71. The second kappa shape index (κ2) is 11.5. The van der Waals surface area contributed by atoms with Crippen molar-refractivity contribution in [3.8, 4) is 39.9 Å². The molecule has 6 heteroatoms. The highest BCUT2D eigenvalue weighted by Crippen LogP contribution is 2.42. The molecule has 4 aromatic heterocycles. The molecule has 55 heavy (non-hydrogen) atoms. The van der Waals surface area contributed by atoms with Gasteiger partial charge < -0.3 is 13.4 Å². The van der Waals surface area contributed by atoms with Crippen molar-refractivity contribution >= 4 is 76.5 Å². The summed E-state index contributed by atoms with van der Waals surface area (Å²) in [5.74, 6) is 1.71. The standard InChI is InChI=1S/C49H28N4O2/c1-2-13-29(14-3-1)47-50-48(35-20-12-24-44-46(35)34-19-8-11-23-43(34)54-44)52-49(51-47)38-27-37-33-18-7-10-22-42(33)55-45(37)28-41(38)53-39-21-9-6-17-32(39)36-25-30-15-4-5-16-31(30)26-40(36)53/h1-28H. The molecular weight excluding hydrogens is 677 g/mol. The average Bonchev–Trinajstić information content (AvgIpc) is 3.91. The molecule has 0 bridgehead atoms. The van der Waals surface area contributed by atoms with Gasteiger partial charge in [0.15, 0.2) is 17.5 Å². The Kier molecular flexibility index (Phi) is 6.24. The number of rotatable bonds is 4. The Bertz CT molecular complexity index is 3500. The van der Waals surface area contributed by atoms with Gasteiger partial charge in [0.25, 0.3) is 0 Å². The number of hydrogen-bond acceptors (Lipinski definition) is 5. The zero-order chi connectivity index (χ0) is 36.0. The van der Waals surface area contributed by atoms with Crippen LogP contribution >= 0.6 is 0 Å². The third-order valence-corrected chi connectivity index (χ3v) is 10.8. The Morgan fingerprint density at radius 1 is 0.364 bits per heavy atom. The molecule has 0 aliphatic carbocycles. The van der Waals surface area contributed by atoms with Crippen molar-refractivity contribution in [3.63, 3.8) is 0 Å². The van der Waals surface area contributed by atoms with E-state index in [9.17, 15) is 0 Å². The molecule has 0 aliphatic rings. The molecule has 0 saturated carbocycles. The molecule has 0 unspecified atom stereocenters. The fourth-order valence-electron chi connectivity index (χ4n) is 8.33. The minimum Gasteiger partial charge on any atom is -0.456 e. The van der Waals surface area contributed by atoms with E-state index in [4.69, 9.17) is 23.8 Å². The Morgan fingerprint density at radius 2 is 0.982 bits per heavy atom. The minimum atomic E-state index is 0.558. The van der Waals surface area contributed by atoms with Crippen LogP contribution in [0.15, 0.2) is 179 Å². The molecule has 12 aromatic rings. The van der Waals surface area contributed by atoms with Crippen molar-refractivity contribution in [3.05, 3.63) is 170 Å². The number of furan rings is 2. The van der Waals surface area contributed by atoms with E-state index < -0.39 is 0 Å². The normalized spacial score (nSPS) is 12.0. The van der Waals surface area contributed by atoms with E-state index in [0.717, 1.165) is 77.3 Å². The second-order valence-electron chi connectivity index (χ2n) is 14.0. The van der Waals surface area contributed by atoms with Gasteiger partial charge in [0.05, 0.1) is 16.7 Å². The van der Waals surface area contributed by atoms with Crippen LogP contribution in [0, 0.1) is 0 Å². The molecule has 0 saturated heterocycles. The van der Waals surface area contributed by atoms with Crippen molar-refractivity contribution in [2.75, 3.05) is 0 Å². The molecule has 0 radical (unpaired) electrons. The second-order valence-corrected chi connectivity index (χ2v) is 14.0. The SMILES string of the molecule is c1ccc(-c2nc(-c3cc4c(cc3-n3c5ccccc5c5cc6ccccc6cc53)oc3ccccc34)nc(-c3cccc4oc5ccccc5c34)n2)cc1. The highest BCUT2D eigenvalue weighted by molar-refractivity contribution is 6.15. The van der Waals surface area contributed by atoms with Crippen molar-refractivity contribution in [2.24, 2.45) is 0 Å². The van der Waals surface area contributed by atoms with Crippen LogP contribution < -0.4 is 0 Å². The molecule has 0 aliphatic heterocycles. The molecule has 0 fully saturated rings. The van der Waals surface area contributed by atoms with E-state index in [1.54, 1.807) is 0 Å². The van der Waals surface area contributed by atoms with Gasteiger partial charge in [0, 0.05) is 55.1 Å². The summed E-state index contributed by atoms with van der Waals surface area (Å²) in [6, 6.07) is 58.6. The predicted molar refractivity (Wildman–Crippen MR) is 223 cm³/mol. The highest BCUT2D eigenvalue weighted by Gasteiger charge is 2.23. The summed E-state index contributed by atoms with van der Waals surface area (Å²) in [6.45, 7) is 0. The third kappa shape index (κ3) is 4.52. The number of benzene rings is 8. The summed E-state index contributed by atoms with van der Waals surface area (Å²) >= 11 is 0. The minimum absolute atomic E-state index is 0.558. The summed E-state index contributed by atoms with van der Waals surface area (Å²) < 4.78 is 15.2. The molecular formula is C49H28N4O2. The molecule has 0 spiro atoms. The Hall–Kier alpha value is -7.57. The number of hydrogen-bond donors (Lipinski definition) is 0. The summed E-state index contributed by atoms with van der Waals surface area (Å²) in [4.78, 5) is 15.8. The summed E-state index contributed by atoms with van der Waals surface area (Å²) in [6.07, 6.45) is 0. The lowest BCUT2D eigenvalue weighted by molar-refractivity contribution is 0.668. The topological polar surface area (TPSA) is 69.9 Å². The molecule has 0 atom stereocenters. The van der Waals surface area contributed by atoms with E-state index in [0.29, 0.717) is 17.5 Å². The Labute approximate surface area is 313 Å². The fourth-order valence-corrected chi connectivity index (χ4v) is 8.33. The zero-order valence-corrected chi connectivity index (χ0v) is 29.3. The van der Waals surface area contributed by atoms with Gasteiger partial charge in [0.2, 0.25) is 0 Å². The van der Waals surface area contributed by atoms with Crippen molar-refractivity contribution in [1.29, 1.82) is 0 Å². The Balaban J connectivity index is 1.22. The maximum absolute atomic E-state index is 6.57. The lowest BCUT2D eigenvalue weighted by Gasteiger charge is -2.15. The van der Waals surface area contributed by atoms with E-state index in [-0.39, 0.29) is 0 Å². The molecule has 0 amide bonds. The molecule has 4 heterocycles. The summed E-state index contributed by atoms with van der Waals surface area (Å²) in [7, 11) is 0. The van der Waals surface area contributed by atoms with Gasteiger partial charge in [0.1, 0.15) is 22.3 Å². The molecule has 0 N–H and O–H groups in total. The van der Waals surface area contributed by atoms with Crippen LogP contribution in [0.5, 0.6) is 0 Å².